The molecule has 0 radical (unpaired) electrons. The number of carbonyl (C=O) groups excluding carboxylic acids is 1. The van der Waals surface area contributed by atoms with E-state index < -0.39 is 17.1 Å². The molecule has 2 N–H and O–H groups in total. The van der Waals surface area contributed by atoms with Crippen molar-refractivity contribution in [1.82, 2.24) is 9.55 Å². The Morgan fingerprint density at radius 3 is 2.34 bits per heavy atom. The van der Waals surface area contributed by atoms with E-state index in [2.05, 4.69) is 0 Å². The highest BCUT2D eigenvalue weighted by atomic mass is 35.5. The number of para-hydroxylation sites is 1. The summed E-state index contributed by atoms with van der Waals surface area (Å²) in [7, 11) is 0. The van der Waals surface area contributed by atoms with Crippen molar-refractivity contribution < 1.29 is 9.53 Å². The van der Waals surface area contributed by atoms with Gasteiger partial charge in [-0.1, -0.05) is 63.6 Å². The summed E-state index contributed by atoms with van der Waals surface area (Å²) < 4.78 is 7.18. The van der Waals surface area contributed by atoms with Gasteiger partial charge in [-0.05, 0) is 30.7 Å². The molecule has 7 heteroatoms. The van der Waals surface area contributed by atoms with Crippen LogP contribution >= 0.6 is 11.6 Å². The summed E-state index contributed by atoms with van der Waals surface area (Å²) in [5.41, 5.74) is 4.29. The molecule has 3 rings (SSSR count). The highest BCUT2D eigenvalue weighted by Crippen LogP contribution is 2.45. The Balaban J connectivity index is 2.54. The van der Waals surface area contributed by atoms with Gasteiger partial charge in [-0.2, -0.15) is 0 Å². The lowest BCUT2D eigenvalue weighted by Gasteiger charge is -2.43. The van der Waals surface area contributed by atoms with Crippen molar-refractivity contribution in [1.29, 1.82) is 0 Å². The summed E-state index contributed by atoms with van der Waals surface area (Å²) in [6.45, 7) is 7.63. The van der Waals surface area contributed by atoms with Crippen molar-refractivity contribution >= 4 is 28.6 Å². The lowest BCUT2D eigenvalue weighted by Crippen LogP contribution is -2.49. The predicted octanol–water partition coefficient (Wildman–Crippen LogP) is 4.79. The number of rotatable bonds is 4. The maximum Gasteiger partial charge on any atom is 0.405 e. The van der Waals surface area contributed by atoms with Crippen LogP contribution in [0.25, 0.3) is 16.6 Å². The summed E-state index contributed by atoms with van der Waals surface area (Å²) in [4.78, 5) is 30.3. The summed E-state index contributed by atoms with van der Waals surface area (Å²) in [6, 6.07) is 14.2. The number of carbonyl (C=O) groups is 1. The number of ether oxygens (including phenoxy) is 1. The molecular formula is C22H24ClN3O3. The normalized spacial score (nSPS) is 13.8. The summed E-state index contributed by atoms with van der Waals surface area (Å²) >= 11 is 6.34. The fourth-order valence-corrected chi connectivity index (χ4v) is 3.99. The number of hydrogen-bond acceptors (Lipinski definition) is 4. The monoisotopic (exact) mass is 413 g/mol. The predicted molar refractivity (Wildman–Crippen MR) is 114 cm³/mol. The number of hydrogen-bond donors (Lipinski definition) is 1. The maximum absolute atomic E-state index is 13.6. The number of halogens is 1. The zero-order valence-electron chi connectivity index (χ0n) is 16.9. The van der Waals surface area contributed by atoms with Crippen molar-refractivity contribution in [3.8, 4) is 5.69 Å². The molecule has 0 aliphatic rings. The van der Waals surface area contributed by atoms with Crippen molar-refractivity contribution in [3.63, 3.8) is 0 Å². The molecule has 0 fully saturated rings. The quantitative estimate of drug-likeness (QED) is 0.666. The van der Waals surface area contributed by atoms with Gasteiger partial charge >= 0.3 is 6.09 Å². The zero-order chi connectivity index (χ0) is 21.4. The van der Waals surface area contributed by atoms with Gasteiger partial charge in [0.1, 0.15) is 0 Å². The van der Waals surface area contributed by atoms with Crippen LogP contribution in [0.3, 0.4) is 0 Å². The largest absolute Gasteiger partial charge is 0.434 e. The third kappa shape index (κ3) is 3.49. The van der Waals surface area contributed by atoms with Crippen LogP contribution in [0.1, 0.15) is 39.9 Å². The first-order valence-electron chi connectivity index (χ1n) is 9.38. The molecule has 152 valence electrons. The molecular weight excluding hydrogens is 390 g/mol. The minimum absolute atomic E-state index is 0.303. The summed E-state index contributed by atoms with van der Waals surface area (Å²) in [6.07, 6.45) is -0.563. The van der Waals surface area contributed by atoms with E-state index in [1.165, 1.54) is 4.57 Å². The van der Waals surface area contributed by atoms with Crippen molar-refractivity contribution in [2.45, 2.75) is 39.7 Å². The molecule has 0 saturated carbocycles. The minimum atomic E-state index is -1.25. The van der Waals surface area contributed by atoms with Gasteiger partial charge in [0.15, 0.2) is 11.4 Å². The SMILES string of the molecule is CC[C@@](OC(N)=O)(c1nc2cccc(Cl)c2c(=O)n1-c1ccccc1)C(C)(C)C. The Morgan fingerprint density at radius 1 is 1.14 bits per heavy atom. The van der Waals surface area contributed by atoms with Crippen LogP contribution in [0.2, 0.25) is 5.02 Å². The van der Waals surface area contributed by atoms with Crippen molar-refractivity contribution in [2.24, 2.45) is 11.1 Å². The first kappa shape index (κ1) is 20.9. The summed E-state index contributed by atoms with van der Waals surface area (Å²) in [5, 5.41) is 0.615. The number of amides is 1. The molecule has 1 heterocycles. The van der Waals surface area contributed by atoms with Gasteiger partial charge < -0.3 is 10.5 Å². The molecule has 0 aliphatic carbocycles. The zero-order valence-corrected chi connectivity index (χ0v) is 17.7. The highest BCUT2D eigenvalue weighted by Gasteiger charge is 2.49. The molecule has 6 nitrogen and oxygen atoms in total. The van der Waals surface area contributed by atoms with E-state index in [0.29, 0.717) is 33.9 Å². The molecule has 0 bridgehead atoms. The lowest BCUT2D eigenvalue weighted by molar-refractivity contribution is -0.0820. The third-order valence-electron chi connectivity index (χ3n) is 5.21. The minimum Gasteiger partial charge on any atom is -0.434 e. The Hall–Kier alpha value is -2.86. The molecule has 29 heavy (non-hydrogen) atoms. The van der Waals surface area contributed by atoms with E-state index in [4.69, 9.17) is 27.1 Å². The van der Waals surface area contributed by atoms with Crippen LogP contribution in [0, 0.1) is 5.41 Å². The highest BCUT2D eigenvalue weighted by molar-refractivity contribution is 6.35. The fourth-order valence-electron chi connectivity index (χ4n) is 3.74. The second kappa shape index (κ2) is 7.52. The smallest absolute Gasteiger partial charge is 0.405 e. The Bertz CT molecular complexity index is 1120. The number of nitrogens with zero attached hydrogens (tertiary/aromatic N) is 2. The van der Waals surface area contributed by atoms with E-state index >= 15 is 0 Å². The number of nitrogens with two attached hydrogens (primary N) is 1. The van der Waals surface area contributed by atoms with Gasteiger partial charge in [0.25, 0.3) is 5.56 Å². The Kier molecular flexibility index (Phi) is 5.41. The molecule has 2 aromatic carbocycles. The average Bonchev–Trinajstić information content (AvgIpc) is 2.65. The topological polar surface area (TPSA) is 87.2 Å². The molecule has 0 aliphatic heterocycles. The lowest BCUT2D eigenvalue weighted by atomic mass is 9.73. The Labute approximate surface area is 174 Å². The number of benzene rings is 2. The summed E-state index contributed by atoms with van der Waals surface area (Å²) in [5.74, 6) is 0.303. The second-order valence-electron chi connectivity index (χ2n) is 7.90. The van der Waals surface area contributed by atoms with Crippen LogP contribution < -0.4 is 11.3 Å². The second-order valence-corrected chi connectivity index (χ2v) is 8.30. The first-order valence-corrected chi connectivity index (χ1v) is 9.76. The molecule has 1 amide bonds. The van der Waals surface area contributed by atoms with E-state index in [-0.39, 0.29) is 5.56 Å². The van der Waals surface area contributed by atoms with E-state index in [0.717, 1.165) is 0 Å². The van der Waals surface area contributed by atoms with Crippen LogP contribution in [-0.2, 0) is 10.3 Å². The molecule has 1 aromatic heterocycles. The van der Waals surface area contributed by atoms with Gasteiger partial charge in [0, 0.05) is 5.41 Å². The van der Waals surface area contributed by atoms with Crippen molar-refractivity contribution in [3.05, 3.63) is 69.7 Å². The van der Waals surface area contributed by atoms with Gasteiger partial charge in [-0.25, -0.2) is 9.78 Å². The third-order valence-corrected chi connectivity index (χ3v) is 5.52. The van der Waals surface area contributed by atoms with Gasteiger partial charge in [-0.15, -0.1) is 0 Å². The van der Waals surface area contributed by atoms with Crippen LogP contribution in [-0.4, -0.2) is 15.6 Å². The number of aromatic nitrogens is 2. The van der Waals surface area contributed by atoms with E-state index in [1.807, 2.05) is 45.9 Å². The first-order chi connectivity index (χ1) is 13.6. The molecule has 0 spiro atoms. The number of fused-ring (bicyclic) bond motifs is 1. The average molecular weight is 414 g/mol. The van der Waals surface area contributed by atoms with Crippen molar-refractivity contribution in [2.75, 3.05) is 0 Å². The standard InChI is InChI=1S/C22H24ClN3O3/c1-5-22(21(2,3)4,29-20(24)28)19-25-16-13-9-12-15(23)17(16)18(27)26(19)14-10-7-6-8-11-14/h6-13H,5H2,1-4H3,(H2,24,28)/t22-/m1/s1. The molecule has 3 aromatic rings. The molecule has 0 saturated heterocycles. The number of primary amides is 1. The van der Waals surface area contributed by atoms with Crippen LogP contribution in [0.4, 0.5) is 4.79 Å². The maximum atomic E-state index is 13.6. The van der Waals surface area contributed by atoms with Crippen LogP contribution in [0.15, 0.2) is 53.3 Å². The van der Waals surface area contributed by atoms with Gasteiger partial charge in [0.05, 0.1) is 21.6 Å². The van der Waals surface area contributed by atoms with Gasteiger partial charge in [-0.3, -0.25) is 9.36 Å². The molecule has 1 atom stereocenters. The van der Waals surface area contributed by atoms with E-state index in [1.54, 1.807) is 30.3 Å². The molecule has 0 unspecified atom stereocenters. The van der Waals surface area contributed by atoms with Gasteiger partial charge in [0.2, 0.25) is 0 Å². The van der Waals surface area contributed by atoms with E-state index in [9.17, 15) is 9.59 Å². The van der Waals surface area contributed by atoms with Crippen LogP contribution in [0.5, 0.6) is 0 Å². The Morgan fingerprint density at radius 2 is 1.79 bits per heavy atom. The fraction of sp³-hybridized carbons (Fsp3) is 0.318.